The lowest BCUT2D eigenvalue weighted by Gasteiger charge is -2.33. The summed E-state index contributed by atoms with van der Waals surface area (Å²) in [5.74, 6) is 1.22. The van der Waals surface area contributed by atoms with E-state index in [-0.39, 0.29) is 18.1 Å². The minimum Gasteiger partial charge on any atom is -0.351 e. The largest absolute Gasteiger partial charge is 0.351 e. The Balaban J connectivity index is 1.50. The van der Waals surface area contributed by atoms with Crippen molar-refractivity contribution in [3.8, 4) is 5.82 Å². The molecule has 10 nitrogen and oxygen atoms in total. The van der Waals surface area contributed by atoms with Gasteiger partial charge < -0.3 is 9.88 Å². The van der Waals surface area contributed by atoms with E-state index in [1.165, 1.54) is 10.6 Å². The van der Waals surface area contributed by atoms with E-state index in [0.717, 1.165) is 42.1 Å². The molecule has 0 bridgehead atoms. The zero-order valence-corrected chi connectivity index (χ0v) is 21.1. The van der Waals surface area contributed by atoms with Crippen LogP contribution < -0.4 is 10.0 Å². The number of nitrogens with zero attached hydrogens (tertiary/aromatic N) is 4. The van der Waals surface area contributed by atoms with Crippen LogP contribution >= 0.6 is 0 Å². The van der Waals surface area contributed by atoms with Crippen LogP contribution in [0.1, 0.15) is 44.2 Å². The summed E-state index contributed by atoms with van der Waals surface area (Å²) in [7, 11) is -4.25. The quantitative estimate of drug-likeness (QED) is 0.400. The molecule has 1 aliphatic rings. The Morgan fingerprint density at radius 1 is 1.15 bits per heavy atom. The second-order valence-corrected chi connectivity index (χ2v) is 11.6. The molecule has 2 N–H and O–H groups in total. The van der Waals surface area contributed by atoms with E-state index < -0.39 is 20.9 Å². The normalized spacial score (nSPS) is 20.1. The predicted molar refractivity (Wildman–Crippen MR) is 133 cm³/mol. The molecule has 2 aromatic heterocycles. The van der Waals surface area contributed by atoms with Crippen molar-refractivity contribution in [2.45, 2.75) is 50.7 Å². The van der Waals surface area contributed by atoms with Gasteiger partial charge in [0.15, 0.2) is 0 Å². The lowest BCUT2D eigenvalue weighted by Crippen LogP contribution is -2.41. The smallest absolute Gasteiger partial charge is 0.224 e. The summed E-state index contributed by atoms with van der Waals surface area (Å²) in [4.78, 5) is 9.07. The van der Waals surface area contributed by atoms with Gasteiger partial charge >= 0.3 is 0 Å². The van der Waals surface area contributed by atoms with Crippen LogP contribution in [0.3, 0.4) is 0 Å². The molecule has 184 valence electrons. The molecule has 12 heteroatoms. The summed E-state index contributed by atoms with van der Waals surface area (Å²) in [6.45, 7) is 1.81. The first-order valence-corrected chi connectivity index (χ1v) is 14.2. The maximum absolute atomic E-state index is 11.8. The Morgan fingerprint density at radius 2 is 1.88 bits per heavy atom. The molecular formula is C22H30N6O4S2. The van der Waals surface area contributed by atoms with Gasteiger partial charge in [0.05, 0.1) is 11.8 Å². The Labute approximate surface area is 201 Å². The highest BCUT2D eigenvalue weighted by Gasteiger charge is 2.28. The highest BCUT2D eigenvalue weighted by atomic mass is 32.2. The van der Waals surface area contributed by atoms with E-state index >= 15 is 0 Å². The van der Waals surface area contributed by atoms with Gasteiger partial charge in [0.25, 0.3) is 0 Å². The molecule has 1 fully saturated rings. The van der Waals surface area contributed by atoms with Crippen molar-refractivity contribution in [3.63, 3.8) is 0 Å². The van der Waals surface area contributed by atoms with Gasteiger partial charge in [0.2, 0.25) is 26.9 Å². The third-order valence-corrected chi connectivity index (χ3v) is 8.43. The van der Waals surface area contributed by atoms with Crippen molar-refractivity contribution in [2.24, 2.45) is 0 Å². The molecule has 0 spiro atoms. The van der Waals surface area contributed by atoms with Gasteiger partial charge in [0, 0.05) is 43.0 Å². The van der Waals surface area contributed by atoms with Crippen molar-refractivity contribution >= 4 is 37.8 Å². The lowest BCUT2D eigenvalue weighted by atomic mass is 9.91. The number of rotatable bonds is 8. The molecule has 2 heterocycles. The molecule has 1 saturated carbocycles. The molecule has 0 saturated heterocycles. The van der Waals surface area contributed by atoms with E-state index in [2.05, 4.69) is 15.0 Å². The van der Waals surface area contributed by atoms with Crippen molar-refractivity contribution in [3.05, 3.63) is 48.3 Å². The van der Waals surface area contributed by atoms with Gasteiger partial charge in [-0.3, -0.25) is 0 Å². The third-order valence-electron chi connectivity index (χ3n) is 6.49. The highest BCUT2D eigenvalue weighted by Crippen LogP contribution is 2.28. The fraction of sp³-hybridized carbons (Fsp3) is 0.455. The van der Waals surface area contributed by atoms with Gasteiger partial charge in [-0.2, -0.15) is 4.98 Å². The third kappa shape index (κ3) is 5.40. The SMILES string of the molecule is CC(N[SH](=O)=O)c1cccc2c1ccn2-c1ccnc(NC2CCC(N(C)S(C)(=O)=O)CC2)n1. The number of sulfonamides is 1. The standard InChI is InChI=1S/C22H30N6O4S2/c1-15(26-33(29)30)18-5-4-6-20-19(18)12-14-28(20)21-11-13-23-22(25-21)24-16-7-9-17(10-8-16)27(2)34(3,31)32/h4-6,11-17,33H,7-10H2,1-3H3,(H,23,24,25)(H,26,29,30). The average molecular weight is 507 g/mol. The lowest BCUT2D eigenvalue weighted by molar-refractivity contribution is 0.276. The molecule has 1 aliphatic carbocycles. The molecule has 1 unspecified atom stereocenters. The van der Waals surface area contributed by atoms with E-state index in [4.69, 9.17) is 4.98 Å². The average Bonchev–Trinajstić information content (AvgIpc) is 3.22. The number of benzene rings is 1. The van der Waals surface area contributed by atoms with Crippen LogP contribution in [0.5, 0.6) is 0 Å². The summed E-state index contributed by atoms with van der Waals surface area (Å²) in [6.07, 6.45) is 8.10. The zero-order valence-electron chi connectivity index (χ0n) is 19.4. The van der Waals surface area contributed by atoms with Crippen LogP contribution in [0.15, 0.2) is 42.7 Å². The first-order chi connectivity index (χ1) is 16.1. The van der Waals surface area contributed by atoms with Crippen molar-refractivity contribution < 1.29 is 16.8 Å². The first-order valence-electron chi connectivity index (χ1n) is 11.2. The minimum atomic E-state index is -3.19. The summed E-state index contributed by atoms with van der Waals surface area (Å²) < 4.78 is 51.8. The molecule has 34 heavy (non-hydrogen) atoms. The van der Waals surface area contributed by atoms with Gasteiger partial charge in [-0.05, 0) is 56.4 Å². The summed E-state index contributed by atoms with van der Waals surface area (Å²) >= 11 is 0. The van der Waals surface area contributed by atoms with Gasteiger partial charge in [-0.15, -0.1) is 0 Å². The summed E-state index contributed by atoms with van der Waals surface area (Å²) in [6, 6.07) is 9.41. The highest BCUT2D eigenvalue weighted by molar-refractivity contribution is 7.88. The van der Waals surface area contributed by atoms with Crippen LogP contribution in [-0.2, 0) is 20.9 Å². The number of nitrogens with one attached hydrogen (secondary N) is 2. The number of thiol groups is 1. The fourth-order valence-electron chi connectivity index (χ4n) is 4.59. The van der Waals surface area contributed by atoms with Crippen LogP contribution in [0.25, 0.3) is 16.7 Å². The first kappa shape index (κ1) is 24.6. The summed E-state index contributed by atoms with van der Waals surface area (Å²) in [5.41, 5.74) is 1.81. The molecule has 1 aromatic carbocycles. The predicted octanol–water partition coefficient (Wildman–Crippen LogP) is 2.21. The van der Waals surface area contributed by atoms with Gasteiger partial charge in [-0.1, -0.05) is 12.1 Å². The number of hydrogen-bond donors (Lipinski definition) is 3. The monoisotopic (exact) mass is 506 g/mol. The molecular weight excluding hydrogens is 476 g/mol. The Morgan fingerprint density at radius 3 is 2.56 bits per heavy atom. The second kappa shape index (κ2) is 9.98. The minimum absolute atomic E-state index is 0.0253. The Hall–Kier alpha value is -2.54. The molecule has 4 rings (SSSR count). The number of fused-ring (bicyclic) bond motifs is 1. The van der Waals surface area contributed by atoms with E-state index in [1.54, 1.807) is 13.2 Å². The topological polar surface area (TPSA) is 126 Å². The van der Waals surface area contributed by atoms with Crippen LogP contribution in [0, 0.1) is 0 Å². The van der Waals surface area contributed by atoms with Crippen molar-refractivity contribution in [1.82, 2.24) is 23.6 Å². The maximum atomic E-state index is 11.8. The van der Waals surface area contributed by atoms with Gasteiger partial charge in [-0.25, -0.2) is 30.8 Å². The van der Waals surface area contributed by atoms with E-state index in [0.29, 0.717) is 11.8 Å². The van der Waals surface area contributed by atoms with Gasteiger partial charge in [0.1, 0.15) is 5.82 Å². The van der Waals surface area contributed by atoms with Crippen LogP contribution in [0.2, 0.25) is 0 Å². The Kier molecular flexibility index (Phi) is 7.22. The van der Waals surface area contributed by atoms with E-state index in [1.807, 2.05) is 48.0 Å². The van der Waals surface area contributed by atoms with E-state index in [9.17, 15) is 16.8 Å². The van der Waals surface area contributed by atoms with Crippen LogP contribution in [-0.4, -0.2) is 61.1 Å². The number of anilines is 1. The van der Waals surface area contributed by atoms with Crippen LogP contribution in [0.4, 0.5) is 5.95 Å². The second-order valence-electron chi connectivity index (χ2n) is 8.74. The molecule has 0 aliphatic heterocycles. The van der Waals surface area contributed by atoms with Crippen molar-refractivity contribution in [2.75, 3.05) is 18.6 Å². The fourth-order valence-corrected chi connectivity index (χ4v) is 5.79. The molecule has 1 atom stereocenters. The molecule has 0 radical (unpaired) electrons. The summed E-state index contributed by atoms with van der Waals surface area (Å²) in [5, 5.41) is 4.35. The molecule has 3 aromatic rings. The number of aromatic nitrogens is 3. The Bertz CT molecular complexity index is 1340. The molecule has 0 amide bonds. The zero-order chi connectivity index (χ0) is 24.5. The van der Waals surface area contributed by atoms with Crippen molar-refractivity contribution in [1.29, 1.82) is 0 Å². The maximum Gasteiger partial charge on any atom is 0.224 e. The number of hydrogen-bond acceptors (Lipinski definition) is 7.